The Hall–Kier alpha value is -2.55. The molecular weight excluding hydrogens is 226 g/mol. The maximum atomic E-state index is 12.3. The van der Waals surface area contributed by atoms with Gasteiger partial charge in [-0.1, -0.05) is 18.2 Å². The zero-order valence-corrected chi connectivity index (χ0v) is 9.42. The molecule has 3 aromatic rings. The molecule has 2 heterocycles. The molecule has 2 aromatic carbocycles. The predicted molar refractivity (Wildman–Crippen MR) is 68.8 cm³/mol. The first-order chi connectivity index (χ1) is 8.75. The van der Waals surface area contributed by atoms with Crippen LogP contribution in [0.5, 0.6) is 5.75 Å². The van der Waals surface area contributed by atoms with Crippen LogP contribution < -0.4 is 0 Å². The van der Waals surface area contributed by atoms with Crippen molar-refractivity contribution in [3.63, 3.8) is 0 Å². The Morgan fingerprint density at radius 3 is 2.56 bits per heavy atom. The number of nitrogens with zero attached hydrogens (tertiary/aromatic N) is 1. The quantitative estimate of drug-likeness (QED) is 0.509. The molecule has 1 aliphatic rings. The molecule has 18 heavy (non-hydrogen) atoms. The topological polar surface area (TPSA) is 42.2 Å². The third kappa shape index (κ3) is 1.01. The zero-order valence-electron chi connectivity index (χ0n) is 9.42. The van der Waals surface area contributed by atoms with Crippen molar-refractivity contribution in [3.05, 3.63) is 54.1 Å². The zero-order chi connectivity index (χ0) is 12.3. The molecule has 3 nitrogen and oxygen atoms in total. The number of hydrogen-bond acceptors (Lipinski definition) is 2. The lowest BCUT2D eigenvalue weighted by Gasteiger charge is -1.99. The van der Waals surface area contributed by atoms with Gasteiger partial charge in [0.1, 0.15) is 5.75 Å². The van der Waals surface area contributed by atoms with E-state index in [0.29, 0.717) is 0 Å². The minimum absolute atomic E-state index is 0.00119. The molecule has 0 saturated heterocycles. The number of benzene rings is 2. The van der Waals surface area contributed by atoms with Crippen LogP contribution in [-0.4, -0.2) is 15.6 Å². The van der Waals surface area contributed by atoms with E-state index >= 15 is 0 Å². The van der Waals surface area contributed by atoms with Crippen LogP contribution in [0.2, 0.25) is 0 Å². The van der Waals surface area contributed by atoms with E-state index < -0.39 is 0 Å². The molecule has 0 atom stereocenters. The molecule has 3 heteroatoms. The summed E-state index contributed by atoms with van der Waals surface area (Å²) in [7, 11) is 0. The highest BCUT2D eigenvalue weighted by molar-refractivity contribution is 6.14. The predicted octanol–water partition coefficient (Wildman–Crippen LogP) is 3.02. The van der Waals surface area contributed by atoms with Crippen LogP contribution in [0.25, 0.3) is 22.2 Å². The second-order valence-electron chi connectivity index (χ2n) is 4.46. The smallest absolute Gasteiger partial charge is 0.263 e. The summed E-state index contributed by atoms with van der Waals surface area (Å²) in [6.45, 7) is 0. The van der Waals surface area contributed by atoms with Gasteiger partial charge in [-0.3, -0.25) is 9.36 Å². The van der Waals surface area contributed by atoms with Crippen molar-refractivity contribution in [1.29, 1.82) is 0 Å². The number of aromatic nitrogens is 1. The van der Waals surface area contributed by atoms with E-state index in [0.717, 1.165) is 27.7 Å². The van der Waals surface area contributed by atoms with E-state index in [1.807, 2.05) is 30.3 Å². The van der Waals surface area contributed by atoms with Crippen molar-refractivity contribution in [2.45, 2.75) is 0 Å². The van der Waals surface area contributed by atoms with Crippen LogP contribution in [0.3, 0.4) is 0 Å². The summed E-state index contributed by atoms with van der Waals surface area (Å²) in [5, 5.41) is 10.4. The maximum Gasteiger partial charge on any atom is 0.263 e. The van der Waals surface area contributed by atoms with Gasteiger partial charge in [-0.05, 0) is 30.3 Å². The van der Waals surface area contributed by atoms with Crippen molar-refractivity contribution < 1.29 is 9.90 Å². The average molecular weight is 235 g/mol. The highest BCUT2D eigenvalue weighted by Crippen LogP contribution is 2.37. The maximum absolute atomic E-state index is 12.3. The van der Waals surface area contributed by atoms with Gasteiger partial charge in [-0.2, -0.15) is 0 Å². The van der Waals surface area contributed by atoms with Gasteiger partial charge < -0.3 is 5.11 Å². The molecule has 0 unspecified atom stereocenters. The van der Waals surface area contributed by atoms with Crippen LogP contribution in [0.4, 0.5) is 0 Å². The van der Waals surface area contributed by atoms with Crippen molar-refractivity contribution in [1.82, 2.24) is 4.57 Å². The molecule has 4 rings (SSSR count). The van der Waals surface area contributed by atoms with Crippen LogP contribution in [-0.2, 0) is 0 Å². The Bertz CT molecular complexity index is 814. The summed E-state index contributed by atoms with van der Waals surface area (Å²) in [5.41, 5.74) is 3.43. The number of rotatable bonds is 0. The van der Waals surface area contributed by atoms with Crippen LogP contribution in [0, 0.1) is 0 Å². The van der Waals surface area contributed by atoms with E-state index in [9.17, 15) is 9.90 Å². The summed E-state index contributed by atoms with van der Waals surface area (Å²) in [6.07, 6.45) is 0. The molecule has 1 N–H and O–H groups in total. The highest BCUT2D eigenvalue weighted by Gasteiger charge is 2.27. The number of aromatic hydroxyl groups is 1. The SMILES string of the molecule is O=C1c2ccccc2-c2cc3cc(O)ccc3n21. The number of phenols is 1. The summed E-state index contributed by atoms with van der Waals surface area (Å²) in [5.74, 6) is 0.216. The monoisotopic (exact) mass is 235 g/mol. The molecule has 0 bridgehead atoms. The minimum atomic E-state index is 0.00119. The van der Waals surface area contributed by atoms with E-state index in [-0.39, 0.29) is 11.7 Å². The molecule has 0 amide bonds. The Morgan fingerprint density at radius 2 is 1.72 bits per heavy atom. The van der Waals surface area contributed by atoms with E-state index in [1.165, 1.54) is 0 Å². The molecule has 0 saturated carbocycles. The molecule has 0 radical (unpaired) electrons. The van der Waals surface area contributed by atoms with Crippen LogP contribution in [0.1, 0.15) is 10.4 Å². The second-order valence-corrected chi connectivity index (χ2v) is 4.46. The fraction of sp³-hybridized carbons (Fsp3) is 0. The number of carbonyl (C=O) groups is 1. The van der Waals surface area contributed by atoms with Crippen molar-refractivity contribution >= 4 is 16.8 Å². The summed E-state index contributed by atoms with van der Waals surface area (Å²) in [4.78, 5) is 12.3. The summed E-state index contributed by atoms with van der Waals surface area (Å²) < 4.78 is 1.71. The lowest BCUT2D eigenvalue weighted by molar-refractivity contribution is 0.0973. The fourth-order valence-electron chi connectivity index (χ4n) is 2.63. The lowest BCUT2D eigenvalue weighted by Crippen LogP contribution is -2.05. The van der Waals surface area contributed by atoms with E-state index in [2.05, 4.69) is 0 Å². The third-order valence-corrected chi connectivity index (χ3v) is 3.42. The Kier molecular flexibility index (Phi) is 1.59. The van der Waals surface area contributed by atoms with E-state index in [4.69, 9.17) is 0 Å². The minimum Gasteiger partial charge on any atom is -0.508 e. The molecular formula is C15H9NO2. The van der Waals surface area contributed by atoms with Crippen molar-refractivity contribution in [3.8, 4) is 17.0 Å². The number of fused-ring (bicyclic) bond motifs is 5. The standard InChI is InChI=1S/C15H9NO2/c17-10-5-6-13-9(7-10)8-14-11-3-1-2-4-12(11)15(18)16(13)14/h1-8,17H. The van der Waals surface area contributed by atoms with Crippen LogP contribution in [0.15, 0.2) is 48.5 Å². The van der Waals surface area contributed by atoms with Crippen molar-refractivity contribution in [2.75, 3.05) is 0 Å². The Labute approximate surface area is 103 Å². The Balaban J connectivity index is 2.15. The Morgan fingerprint density at radius 1 is 0.944 bits per heavy atom. The van der Waals surface area contributed by atoms with E-state index in [1.54, 1.807) is 22.8 Å². The summed E-state index contributed by atoms with van der Waals surface area (Å²) in [6, 6.07) is 14.6. The lowest BCUT2D eigenvalue weighted by atomic mass is 10.1. The van der Waals surface area contributed by atoms with Gasteiger partial charge in [0.25, 0.3) is 5.91 Å². The largest absolute Gasteiger partial charge is 0.508 e. The van der Waals surface area contributed by atoms with Gasteiger partial charge >= 0.3 is 0 Å². The first-order valence-corrected chi connectivity index (χ1v) is 5.74. The molecule has 1 aliphatic heterocycles. The van der Waals surface area contributed by atoms with Crippen molar-refractivity contribution in [2.24, 2.45) is 0 Å². The third-order valence-electron chi connectivity index (χ3n) is 3.42. The van der Waals surface area contributed by atoms with Gasteiger partial charge in [-0.25, -0.2) is 0 Å². The van der Waals surface area contributed by atoms with Gasteiger partial charge in [0.2, 0.25) is 0 Å². The highest BCUT2D eigenvalue weighted by atomic mass is 16.3. The number of phenolic OH excluding ortho intramolecular Hbond substituents is 1. The average Bonchev–Trinajstić information content (AvgIpc) is 2.87. The van der Waals surface area contributed by atoms with Gasteiger partial charge in [-0.15, -0.1) is 0 Å². The molecule has 0 fully saturated rings. The van der Waals surface area contributed by atoms with Gasteiger partial charge in [0.05, 0.1) is 11.2 Å². The summed E-state index contributed by atoms with van der Waals surface area (Å²) >= 11 is 0. The fourth-order valence-corrected chi connectivity index (χ4v) is 2.63. The van der Waals surface area contributed by atoms with Crippen LogP contribution >= 0.6 is 0 Å². The number of carbonyl (C=O) groups excluding carboxylic acids is 1. The first kappa shape index (κ1) is 9.48. The van der Waals surface area contributed by atoms with Gasteiger partial charge in [0, 0.05) is 16.5 Å². The number of hydrogen-bond donors (Lipinski definition) is 1. The molecule has 0 spiro atoms. The molecule has 86 valence electrons. The molecule has 0 aliphatic carbocycles. The second kappa shape index (κ2) is 3.01. The first-order valence-electron chi connectivity index (χ1n) is 5.74. The molecule has 1 aromatic heterocycles. The van der Waals surface area contributed by atoms with Gasteiger partial charge in [0.15, 0.2) is 0 Å². The normalized spacial score (nSPS) is 12.8.